The van der Waals surface area contributed by atoms with E-state index in [4.69, 9.17) is 4.42 Å². The van der Waals surface area contributed by atoms with E-state index in [0.717, 1.165) is 31.4 Å². The van der Waals surface area contributed by atoms with Crippen molar-refractivity contribution in [3.63, 3.8) is 0 Å². The van der Waals surface area contributed by atoms with Gasteiger partial charge in [-0.25, -0.2) is 0 Å². The fraction of sp³-hybridized carbons (Fsp3) is 0.818. The molecule has 146 valence electrons. The van der Waals surface area contributed by atoms with Crippen LogP contribution in [0.4, 0.5) is 0 Å². The summed E-state index contributed by atoms with van der Waals surface area (Å²) < 4.78 is 5.87. The molecule has 6 unspecified atom stereocenters. The van der Waals surface area contributed by atoms with Crippen molar-refractivity contribution in [2.75, 3.05) is 7.05 Å². The van der Waals surface area contributed by atoms with Gasteiger partial charge in [0.25, 0.3) is 0 Å². The maximum atomic E-state index is 11.2. The lowest BCUT2D eigenvalue weighted by molar-refractivity contribution is -0.158. The Labute approximate surface area is 157 Å². The van der Waals surface area contributed by atoms with Crippen LogP contribution < -0.4 is 0 Å². The molecule has 1 aromatic heterocycles. The van der Waals surface area contributed by atoms with Crippen LogP contribution in [0.5, 0.6) is 0 Å². The van der Waals surface area contributed by atoms with Gasteiger partial charge in [-0.15, -0.1) is 0 Å². The predicted octanol–water partition coefficient (Wildman–Crippen LogP) is 3.64. The summed E-state index contributed by atoms with van der Waals surface area (Å²) >= 11 is 0. The Balaban J connectivity index is 1.79. The summed E-state index contributed by atoms with van der Waals surface area (Å²) in [5, 5.41) is 22.3. The molecule has 2 heterocycles. The molecule has 3 fully saturated rings. The highest BCUT2D eigenvalue weighted by molar-refractivity contribution is 5.20. The monoisotopic (exact) mass is 361 g/mol. The maximum Gasteiger partial charge on any atom is 0.107 e. The van der Waals surface area contributed by atoms with Crippen molar-refractivity contribution in [2.24, 2.45) is 22.7 Å². The third-order valence-electron chi connectivity index (χ3n) is 7.57. The molecule has 0 amide bonds. The van der Waals surface area contributed by atoms with Crippen LogP contribution in [0.2, 0.25) is 0 Å². The van der Waals surface area contributed by atoms with Crippen LogP contribution in [0.3, 0.4) is 0 Å². The number of fused-ring (bicyclic) bond motifs is 2. The number of likely N-dealkylation sites (tertiary alicyclic amines) is 1. The lowest BCUT2D eigenvalue weighted by atomic mass is 9.54. The number of nitrogens with zero attached hydrogens (tertiary/aromatic N) is 1. The van der Waals surface area contributed by atoms with Gasteiger partial charge in [-0.1, -0.05) is 27.7 Å². The van der Waals surface area contributed by atoms with Crippen LogP contribution in [0.25, 0.3) is 0 Å². The second-order valence-electron chi connectivity index (χ2n) is 10.8. The molecule has 6 atom stereocenters. The number of rotatable bonds is 1. The van der Waals surface area contributed by atoms with Gasteiger partial charge < -0.3 is 14.6 Å². The standard InChI is InChI=1S/C22H35NO3/c1-21(2)9-13-18(15(24)11-21)20(17-7-6-8-26-17)19-14(23(13)5)10-22(3,4)12-16(19)25/h6-8,13-16,18-20,24-25H,9-12H2,1-5H3. The Morgan fingerprint density at radius 2 is 1.42 bits per heavy atom. The summed E-state index contributed by atoms with van der Waals surface area (Å²) in [6.07, 6.45) is 4.82. The minimum atomic E-state index is -0.357. The van der Waals surface area contributed by atoms with Gasteiger partial charge in [0.05, 0.1) is 18.5 Å². The van der Waals surface area contributed by atoms with E-state index in [0.29, 0.717) is 12.1 Å². The van der Waals surface area contributed by atoms with Gasteiger partial charge in [0.2, 0.25) is 0 Å². The van der Waals surface area contributed by atoms with E-state index >= 15 is 0 Å². The lowest BCUT2D eigenvalue weighted by Gasteiger charge is -2.61. The van der Waals surface area contributed by atoms with Crippen molar-refractivity contribution in [1.29, 1.82) is 0 Å². The number of hydrogen-bond acceptors (Lipinski definition) is 4. The smallest absolute Gasteiger partial charge is 0.107 e. The first-order valence-corrected chi connectivity index (χ1v) is 10.2. The molecular formula is C22H35NO3. The first-order chi connectivity index (χ1) is 12.1. The molecule has 1 aliphatic heterocycles. The van der Waals surface area contributed by atoms with E-state index in [1.54, 1.807) is 6.26 Å². The van der Waals surface area contributed by atoms with E-state index in [9.17, 15) is 10.2 Å². The lowest BCUT2D eigenvalue weighted by Crippen LogP contribution is -2.66. The molecule has 0 spiro atoms. The zero-order chi connectivity index (χ0) is 18.9. The van der Waals surface area contributed by atoms with Gasteiger partial charge in [0, 0.05) is 29.8 Å². The third-order valence-corrected chi connectivity index (χ3v) is 7.57. The number of piperidine rings is 1. The minimum Gasteiger partial charge on any atom is -0.469 e. The van der Waals surface area contributed by atoms with Crippen LogP contribution >= 0.6 is 0 Å². The molecule has 4 nitrogen and oxygen atoms in total. The zero-order valence-corrected chi connectivity index (χ0v) is 16.9. The van der Waals surface area contributed by atoms with Gasteiger partial charge in [-0.2, -0.15) is 0 Å². The number of furan rings is 1. The molecule has 4 heteroatoms. The Hall–Kier alpha value is -0.840. The summed E-state index contributed by atoms with van der Waals surface area (Å²) in [6.45, 7) is 9.09. The Morgan fingerprint density at radius 3 is 1.85 bits per heavy atom. The normalized spacial score (nSPS) is 45.0. The number of hydrogen-bond donors (Lipinski definition) is 2. The molecule has 0 aromatic carbocycles. The van der Waals surface area contributed by atoms with Crippen molar-refractivity contribution >= 4 is 0 Å². The Bertz CT molecular complexity index is 600. The van der Waals surface area contributed by atoms with Crippen LogP contribution in [0.1, 0.15) is 65.1 Å². The molecular weight excluding hydrogens is 326 g/mol. The highest BCUT2D eigenvalue weighted by Gasteiger charge is 2.59. The summed E-state index contributed by atoms with van der Waals surface area (Å²) in [4.78, 5) is 2.50. The molecule has 0 radical (unpaired) electrons. The van der Waals surface area contributed by atoms with E-state index in [1.165, 1.54) is 0 Å². The average molecular weight is 362 g/mol. The second kappa shape index (κ2) is 6.08. The molecule has 26 heavy (non-hydrogen) atoms. The van der Waals surface area contributed by atoms with Crippen molar-refractivity contribution in [2.45, 2.75) is 83.6 Å². The van der Waals surface area contributed by atoms with Crippen molar-refractivity contribution in [3.8, 4) is 0 Å². The average Bonchev–Trinajstić information content (AvgIpc) is 3.01. The molecule has 2 aliphatic carbocycles. The van der Waals surface area contributed by atoms with Crippen LogP contribution in [-0.2, 0) is 0 Å². The van der Waals surface area contributed by atoms with Crippen molar-refractivity contribution < 1.29 is 14.6 Å². The summed E-state index contributed by atoms with van der Waals surface area (Å²) in [5.74, 6) is 1.28. The number of aliphatic hydroxyl groups is 2. The zero-order valence-electron chi connectivity index (χ0n) is 16.9. The van der Waals surface area contributed by atoms with Crippen LogP contribution in [0.15, 0.2) is 22.8 Å². The van der Waals surface area contributed by atoms with Gasteiger partial charge in [-0.05, 0) is 55.7 Å². The third kappa shape index (κ3) is 2.94. The molecule has 2 N–H and O–H groups in total. The SMILES string of the molecule is CN1C2CC(C)(C)CC(O)C2C(c2ccco2)C2C(O)CC(C)(C)CC21. The van der Waals surface area contributed by atoms with Gasteiger partial charge in [-0.3, -0.25) is 4.90 Å². The minimum absolute atomic E-state index is 0.0911. The van der Waals surface area contributed by atoms with Crippen LogP contribution in [-0.4, -0.2) is 46.5 Å². The number of aliphatic hydroxyl groups excluding tert-OH is 2. The maximum absolute atomic E-state index is 11.2. The molecule has 1 saturated heterocycles. The highest BCUT2D eigenvalue weighted by Crippen LogP contribution is 2.57. The molecule has 0 bridgehead atoms. The quantitative estimate of drug-likeness (QED) is 0.802. The molecule has 2 saturated carbocycles. The Kier molecular flexibility index (Phi) is 4.33. The Morgan fingerprint density at radius 1 is 0.923 bits per heavy atom. The van der Waals surface area contributed by atoms with Gasteiger partial charge in [0.15, 0.2) is 0 Å². The summed E-state index contributed by atoms with van der Waals surface area (Å²) in [7, 11) is 2.22. The molecule has 1 aromatic rings. The summed E-state index contributed by atoms with van der Waals surface area (Å²) in [5.41, 5.74) is 0.274. The van der Waals surface area contributed by atoms with E-state index < -0.39 is 0 Å². The second-order valence-corrected chi connectivity index (χ2v) is 10.8. The van der Waals surface area contributed by atoms with Crippen molar-refractivity contribution in [1.82, 2.24) is 4.90 Å². The first-order valence-electron chi connectivity index (χ1n) is 10.2. The molecule has 4 rings (SSSR count). The first kappa shape index (κ1) is 18.5. The fourth-order valence-electron chi connectivity index (χ4n) is 6.64. The topological polar surface area (TPSA) is 56.8 Å². The van der Waals surface area contributed by atoms with E-state index in [2.05, 4.69) is 39.6 Å². The van der Waals surface area contributed by atoms with E-state index in [1.807, 2.05) is 12.1 Å². The van der Waals surface area contributed by atoms with Crippen LogP contribution in [0, 0.1) is 22.7 Å². The highest BCUT2D eigenvalue weighted by atomic mass is 16.3. The largest absolute Gasteiger partial charge is 0.469 e. The van der Waals surface area contributed by atoms with Crippen molar-refractivity contribution in [3.05, 3.63) is 24.2 Å². The fourth-order valence-corrected chi connectivity index (χ4v) is 6.64. The van der Waals surface area contributed by atoms with Gasteiger partial charge >= 0.3 is 0 Å². The van der Waals surface area contributed by atoms with E-state index in [-0.39, 0.29) is 40.8 Å². The molecule has 3 aliphatic rings. The predicted molar refractivity (Wildman–Crippen MR) is 102 cm³/mol. The van der Waals surface area contributed by atoms with Gasteiger partial charge in [0.1, 0.15) is 5.76 Å². The summed E-state index contributed by atoms with van der Waals surface area (Å²) in [6, 6.07) is 4.64.